The second kappa shape index (κ2) is 8.03. The van der Waals surface area contributed by atoms with Gasteiger partial charge >= 0.3 is 6.03 Å². The van der Waals surface area contributed by atoms with Crippen LogP contribution in [0.5, 0.6) is 0 Å². The predicted octanol–water partition coefficient (Wildman–Crippen LogP) is 3.83. The van der Waals surface area contributed by atoms with Gasteiger partial charge in [-0.15, -0.1) is 0 Å². The Morgan fingerprint density at radius 2 is 1.52 bits per heavy atom. The molecular formula is C21H23N3O3. The lowest BCUT2D eigenvalue weighted by Gasteiger charge is -2.24. The van der Waals surface area contributed by atoms with Crippen molar-refractivity contribution >= 4 is 29.1 Å². The Labute approximate surface area is 158 Å². The monoisotopic (exact) mass is 365 g/mol. The number of anilines is 2. The van der Waals surface area contributed by atoms with E-state index in [1.807, 2.05) is 31.2 Å². The van der Waals surface area contributed by atoms with E-state index in [1.54, 1.807) is 29.2 Å². The lowest BCUT2D eigenvalue weighted by atomic mass is 10.1. The minimum Gasteiger partial charge on any atom is -0.324 e. The number of aryl methyl sites for hydroxylation is 1. The highest BCUT2D eigenvalue weighted by atomic mass is 16.2. The van der Waals surface area contributed by atoms with Crippen LogP contribution in [0.2, 0.25) is 0 Å². The maximum atomic E-state index is 12.6. The van der Waals surface area contributed by atoms with E-state index in [2.05, 4.69) is 10.6 Å². The number of amides is 3. The van der Waals surface area contributed by atoms with Crippen LogP contribution in [0.25, 0.3) is 0 Å². The Kier molecular flexibility index (Phi) is 5.54. The van der Waals surface area contributed by atoms with Gasteiger partial charge in [0.25, 0.3) is 0 Å². The molecule has 140 valence electrons. The second-order valence-corrected chi connectivity index (χ2v) is 6.77. The summed E-state index contributed by atoms with van der Waals surface area (Å²) in [5.74, 6) is -0.246. The topological polar surface area (TPSA) is 78.5 Å². The third kappa shape index (κ3) is 4.53. The average molecular weight is 365 g/mol. The van der Waals surface area contributed by atoms with Gasteiger partial charge in [0, 0.05) is 23.5 Å². The SMILES string of the molecule is CC(=O)c1ccc(NC(=O)[C@@H]2CCCN2C(=O)Nc2ccc(C)cc2)cc1. The minimum atomic E-state index is -0.511. The molecule has 27 heavy (non-hydrogen) atoms. The number of rotatable bonds is 4. The fraction of sp³-hybridized carbons (Fsp3) is 0.286. The van der Waals surface area contributed by atoms with E-state index >= 15 is 0 Å². The Hall–Kier alpha value is -3.15. The summed E-state index contributed by atoms with van der Waals surface area (Å²) in [6, 6.07) is 13.5. The minimum absolute atomic E-state index is 0.0254. The summed E-state index contributed by atoms with van der Waals surface area (Å²) >= 11 is 0. The molecular weight excluding hydrogens is 342 g/mol. The Bertz CT molecular complexity index is 844. The molecule has 6 heteroatoms. The number of carbonyl (C=O) groups is 3. The predicted molar refractivity (Wildman–Crippen MR) is 105 cm³/mol. The van der Waals surface area contributed by atoms with Gasteiger partial charge in [-0.2, -0.15) is 0 Å². The number of Topliss-reactive ketones (excluding diaryl/α,β-unsaturated/α-hetero) is 1. The van der Waals surface area contributed by atoms with Crippen LogP contribution in [-0.4, -0.2) is 35.2 Å². The van der Waals surface area contributed by atoms with Crippen LogP contribution in [0.3, 0.4) is 0 Å². The van der Waals surface area contributed by atoms with Crippen LogP contribution in [0.1, 0.15) is 35.7 Å². The van der Waals surface area contributed by atoms with Crippen molar-refractivity contribution in [2.75, 3.05) is 17.2 Å². The summed E-state index contributed by atoms with van der Waals surface area (Å²) < 4.78 is 0. The molecule has 3 rings (SSSR count). The molecule has 2 aromatic carbocycles. The maximum Gasteiger partial charge on any atom is 0.322 e. The third-order valence-corrected chi connectivity index (χ3v) is 4.68. The van der Waals surface area contributed by atoms with E-state index < -0.39 is 6.04 Å². The van der Waals surface area contributed by atoms with E-state index in [-0.39, 0.29) is 17.7 Å². The van der Waals surface area contributed by atoms with Crippen molar-refractivity contribution in [2.45, 2.75) is 32.7 Å². The molecule has 1 saturated heterocycles. The van der Waals surface area contributed by atoms with Crippen molar-refractivity contribution in [1.82, 2.24) is 4.90 Å². The molecule has 1 atom stereocenters. The van der Waals surface area contributed by atoms with E-state index in [0.29, 0.717) is 29.9 Å². The van der Waals surface area contributed by atoms with Crippen LogP contribution < -0.4 is 10.6 Å². The zero-order valence-electron chi connectivity index (χ0n) is 15.5. The lowest BCUT2D eigenvalue weighted by Crippen LogP contribution is -2.45. The Morgan fingerprint density at radius 3 is 2.15 bits per heavy atom. The third-order valence-electron chi connectivity index (χ3n) is 4.68. The highest BCUT2D eigenvalue weighted by Gasteiger charge is 2.34. The molecule has 0 bridgehead atoms. The van der Waals surface area contributed by atoms with Crippen LogP contribution in [0.15, 0.2) is 48.5 Å². The summed E-state index contributed by atoms with van der Waals surface area (Å²) in [6.07, 6.45) is 1.40. The Balaban J connectivity index is 1.64. The van der Waals surface area contributed by atoms with Gasteiger partial charge in [-0.25, -0.2) is 4.79 Å². The highest BCUT2D eigenvalue weighted by molar-refractivity contribution is 6.00. The van der Waals surface area contributed by atoms with Gasteiger partial charge in [-0.1, -0.05) is 17.7 Å². The summed E-state index contributed by atoms with van der Waals surface area (Å²) in [6.45, 7) is 4.02. The largest absolute Gasteiger partial charge is 0.324 e. The number of ketones is 1. The van der Waals surface area contributed by atoms with Gasteiger partial charge in [0.1, 0.15) is 6.04 Å². The number of nitrogens with one attached hydrogen (secondary N) is 2. The van der Waals surface area contributed by atoms with Gasteiger partial charge < -0.3 is 15.5 Å². The first-order valence-electron chi connectivity index (χ1n) is 9.00. The quantitative estimate of drug-likeness (QED) is 0.808. The van der Waals surface area contributed by atoms with Crippen molar-refractivity contribution < 1.29 is 14.4 Å². The molecule has 0 saturated carbocycles. The summed E-state index contributed by atoms with van der Waals surface area (Å²) in [5.41, 5.74) is 3.02. The first-order valence-corrected chi connectivity index (χ1v) is 9.00. The number of likely N-dealkylation sites (tertiary alicyclic amines) is 1. The fourth-order valence-electron chi connectivity index (χ4n) is 3.13. The summed E-state index contributed by atoms with van der Waals surface area (Å²) in [4.78, 5) is 38.1. The molecule has 1 heterocycles. The zero-order valence-corrected chi connectivity index (χ0v) is 15.5. The van der Waals surface area contributed by atoms with Crippen LogP contribution in [0.4, 0.5) is 16.2 Å². The lowest BCUT2D eigenvalue weighted by molar-refractivity contribution is -0.119. The van der Waals surface area contributed by atoms with Gasteiger partial charge in [0.05, 0.1) is 0 Å². The summed E-state index contributed by atoms with van der Waals surface area (Å²) in [7, 11) is 0. The van der Waals surface area contributed by atoms with E-state index in [0.717, 1.165) is 12.0 Å². The smallest absolute Gasteiger partial charge is 0.322 e. The molecule has 0 unspecified atom stereocenters. The van der Waals surface area contributed by atoms with Gasteiger partial charge in [0.2, 0.25) is 5.91 Å². The molecule has 6 nitrogen and oxygen atoms in total. The molecule has 0 aromatic heterocycles. The van der Waals surface area contributed by atoms with Crippen molar-refractivity contribution in [2.24, 2.45) is 0 Å². The number of urea groups is 1. The second-order valence-electron chi connectivity index (χ2n) is 6.77. The molecule has 0 aliphatic carbocycles. The number of hydrogen-bond donors (Lipinski definition) is 2. The van der Waals surface area contributed by atoms with Crippen molar-refractivity contribution in [1.29, 1.82) is 0 Å². The van der Waals surface area contributed by atoms with Crippen LogP contribution in [0, 0.1) is 6.92 Å². The molecule has 3 amide bonds. The number of benzene rings is 2. The fourth-order valence-corrected chi connectivity index (χ4v) is 3.13. The molecule has 1 aliphatic heterocycles. The maximum absolute atomic E-state index is 12.6. The molecule has 2 N–H and O–H groups in total. The van der Waals surface area contributed by atoms with Crippen molar-refractivity contribution in [3.8, 4) is 0 Å². The van der Waals surface area contributed by atoms with Gasteiger partial charge in [-0.05, 0) is 63.1 Å². The molecule has 2 aromatic rings. The van der Waals surface area contributed by atoms with E-state index in [9.17, 15) is 14.4 Å². The first kappa shape index (κ1) is 18.6. The molecule has 0 radical (unpaired) electrons. The zero-order chi connectivity index (χ0) is 19.4. The van der Waals surface area contributed by atoms with Gasteiger partial charge in [0.15, 0.2) is 5.78 Å². The first-order chi connectivity index (χ1) is 12.9. The van der Waals surface area contributed by atoms with Crippen LogP contribution >= 0.6 is 0 Å². The van der Waals surface area contributed by atoms with E-state index in [4.69, 9.17) is 0 Å². The Morgan fingerprint density at radius 1 is 0.926 bits per heavy atom. The van der Waals surface area contributed by atoms with Gasteiger partial charge in [-0.3, -0.25) is 9.59 Å². The highest BCUT2D eigenvalue weighted by Crippen LogP contribution is 2.21. The van der Waals surface area contributed by atoms with Crippen LogP contribution in [-0.2, 0) is 4.79 Å². The molecule has 1 fully saturated rings. The standard InChI is InChI=1S/C21H23N3O3/c1-14-5-9-18(10-6-14)23-21(27)24-13-3-4-19(24)20(26)22-17-11-7-16(8-12-17)15(2)25/h5-12,19H,3-4,13H2,1-2H3,(H,22,26)(H,23,27)/t19-/m0/s1. The number of hydrogen-bond acceptors (Lipinski definition) is 3. The number of nitrogens with zero attached hydrogens (tertiary/aromatic N) is 1. The van der Waals surface area contributed by atoms with Crippen molar-refractivity contribution in [3.63, 3.8) is 0 Å². The van der Waals surface area contributed by atoms with E-state index in [1.165, 1.54) is 6.92 Å². The average Bonchev–Trinajstić information content (AvgIpc) is 3.14. The number of carbonyl (C=O) groups excluding carboxylic acids is 3. The molecule has 0 spiro atoms. The normalized spacial score (nSPS) is 16.1. The molecule has 1 aliphatic rings. The van der Waals surface area contributed by atoms with Crippen molar-refractivity contribution in [3.05, 3.63) is 59.7 Å². The summed E-state index contributed by atoms with van der Waals surface area (Å²) in [5, 5.41) is 5.68.